The van der Waals surface area contributed by atoms with E-state index in [1.807, 2.05) is 0 Å². The van der Waals surface area contributed by atoms with Crippen molar-refractivity contribution in [1.29, 1.82) is 0 Å². The third-order valence-corrected chi connectivity index (χ3v) is 2.83. The zero-order valence-corrected chi connectivity index (χ0v) is 11.3. The molecule has 0 amide bonds. The summed E-state index contributed by atoms with van der Waals surface area (Å²) >= 11 is 0. The lowest BCUT2D eigenvalue weighted by Gasteiger charge is -2.13. The van der Waals surface area contributed by atoms with E-state index < -0.39 is 11.7 Å². The molecule has 1 heterocycles. The predicted molar refractivity (Wildman–Crippen MR) is 75.3 cm³/mol. The van der Waals surface area contributed by atoms with Crippen molar-refractivity contribution in [1.82, 2.24) is 4.98 Å². The third-order valence-electron chi connectivity index (χ3n) is 2.83. The van der Waals surface area contributed by atoms with Crippen molar-refractivity contribution in [3.63, 3.8) is 0 Å². The van der Waals surface area contributed by atoms with Gasteiger partial charge in [0.05, 0.1) is 17.7 Å². The molecule has 0 radical (unpaired) electrons. The lowest BCUT2D eigenvalue weighted by molar-refractivity contribution is -0.136. The average molecular weight is 311 g/mol. The monoisotopic (exact) mass is 311 g/mol. The summed E-state index contributed by atoms with van der Waals surface area (Å²) in [6.07, 6.45) is -4.15. The van der Waals surface area contributed by atoms with E-state index >= 15 is 0 Å². The molecule has 1 aromatic heterocycles. The van der Waals surface area contributed by atoms with E-state index in [4.69, 9.17) is 16.0 Å². The lowest BCUT2D eigenvalue weighted by atomic mass is 10.1. The Morgan fingerprint density at radius 1 is 1.32 bits per heavy atom. The van der Waals surface area contributed by atoms with Crippen molar-refractivity contribution in [3.05, 3.63) is 40.3 Å². The molecule has 2 aromatic rings. The minimum atomic E-state index is -4.53. The van der Waals surface area contributed by atoms with Crippen LogP contribution in [0.4, 0.5) is 18.9 Å². The number of fused-ring (bicyclic) bond motifs is 1. The van der Waals surface area contributed by atoms with Crippen molar-refractivity contribution >= 4 is 16.6 Å². The van der Waals surface area contributed by atoms with Crippen molar-refractivity contribution < 1.29 is 17.9 Å². The molecule has 6 nitrogen and oxygen atoms in total. The SMILES string of the molecule is [N-]=[N+]=NCCCOc1cc(C(F)(F)F)c2ccc(N)cc2n1. The molecule has 0 aliphatic carbocycles. The highest BCUT2D eigenvalue weighted by molar-refractivity contribution is 5.86. The van der Waals surface area contributed by atoms with Crippen LogP contribution in [0.1, 0.15) is 12.0 Å². The first kappa shape index (κ1) is 15.7. The van der Waals surface area contributed by atoms with E-state index in [0.29, 0.717) is 12.1 Å². The van der Waals surface area contributed by atoms with Gasteiger partial charge >= 0.3 is 6.18 Å². The van der Waals surface area contributed by atoms with Gasteiger partial charge in [-0.25, -0.2) is 4.98 Å². The number of anilines is 1. The van der Waals surface area contributed by atoms with Gasteiger partial charge in [-0.3, -0.25) is 0 Å². The van der Waals surface area contributed by atoms with Crippen LogP contribution < -0.4 is 10.5 Å². The standard InChI is InChI=1S/C13H12F3N5O/c14-13(15,16)10-7-12(22-5-1-4-19-21-18)20-11-6-8(17)2-3-9(10)11/h2-3,6-7H,1,4-5,17H2. The number of nitrogen functional groups attached to an aromatic ring is 1. The number of nitrogens with zero attached hydrogens (tertiary/aromatic N) is 4. The number of pyridine rings is 1. The molecular formula is C13H12F3N5O. The Kier molecular flexibility index (Phi) is 4.57. The normalized spacial score (nSPS) is 11.2. The quantitative estimate of drug-likeness (QED) is 0.298. The first-order valence-corrected chi connectivity index (χ1v) is 6.33. The van der Waals surface area contributed by atoms with Gasteiger partial charge in [-0.1, -0.05) is 11.2 Å². The summed E-state index contributed by atoms with van der Waals surface area (Å²) in [7, 11) is 0. The molecule has 22 heavy (non-hydrogen) atoms. The molecule has 1 aromatic carbocycles. The summed E-state index contributed by atoms with van der Waals surface area (Å²) in [5.74, 6) is -0.147. The van der Waals surface area contributed by atoms with Gasteiger partial charge in [0.15, 0.2) is 0 Å². The summed E-state index contributed by atoms with van der Waals surface area (Å²) in [6, 6.07) is 4.88. The molecule has 0 atom stereocenters. The highest BCUT2D eigenvalue weighted by Crippen LogP contribution is 2.36. The Morgan fingerprint density at radius 3 is 2.77 bits per heavy atom. The number of hydrogen-bond donors (Lipinski definition) is 1. The van der Waals surface area contributed by atoms with Gasteiger partial charge in [0.2, 0.25) is 5.88 Å². The van der Waals surface area contributed by atoms with Gasteiger partial charge in [-0.05, 0) is 24.1 Å². The molecule has 2 N–H and O–H groups in total. The topological polar surface area (TPSA) is 96.9 Å². The molecule has 0 bridgehead atoms. The molecule has 0 aliphatic heterocycles. The third kappa shape index (κ3) is 3.70. The number of azide groups is 1. The van der Waals surface area contributed by atoms with Crippen LogP contribution in [0, 0.1) is 0 Å². The molecule has 0 saturated heterocycles. The van der Waals surface area contributed by atoms with E-state index in [2.05, 4.69) is 15.0 Å². The maximum absolute atomic E-state index is 13.1. The van der Waals surface area contributed by atoms with Gasteiger partial charge in [-0.2, -0.15) is 13.2 Å². The molecule has 0 unspecified atom stereocenters. The van der Waals surface area contributed by atoms with Gasteiger partial charge in [0.1, 0.15) is 0 Å². The van der Waals surface area contributed by atoms with Crippen LogP contribution in [0.2, 0.25) is 0 Å². The average Bonchev–Trinajstić information content (AvgIpc) is 2.45. The van der Waals surface area contributed by atoms with Gasteiger partial charge < -0.3 is 10.5 Å². The van der Waals surface area contributed by atoms with Gasteiger partial charge in [-0.15, -0.1) is 0 Å². The molecule has 2 rings (SSSR count). The minimum Gasteiger partial charge on any atom is -0.478 e. The molecule has 0 fully saturated rings. The van der Waals surface area contributed by atoms with E-state index in [1.165, 1.54) is 18.2 Å². The number of alkyl halides is 3. The number of benzene rings is 1. The molecule has 0 spiro atoms. The summed E-state index contributed by atoms with van der Waals surface area (Å²) in [5, 5.41) is 3.27. The van der Waals surface area contributed by atoms with Crippen LogP contribution in [-0.4, -0.2) is 18.1 Å². The fourth-order valence-electron chi connectivity index (χ4n) is 1.89. The Labute approximate surface area is 123 Å². The van der Waals surface area contributed by atoms with Crippen molar-refractivity contribution in [2.45, 2.75) is 12.6 Å². The Hall–Kier alpha value is -2.67. The number of halogens is 3. The second kappa shape index (κ2) is 6.40. The first-order chi connectivity index (χ1) is 10.4. The zero-order valence-electron chi connectivity index (χ0n) is 11.3. The van der Waals surface area contributed by atoms with E-state index in [-0.39, 0.29) is 29.9 Å². The zero-order chi connectivity index (χ0) is 16.2. The second-order valence-electron chi connectivity index (χ2n) is 4.44. The van der Waals surface area contributed by atoms with Crippen molar-refractivity contribution in [2.75, 3.05) is 18.9 Å². The molecule has 0 saturated carbocycles. The van der Waals surface area contributed by atoms with Gasteiger partial charge in [0, 0.05) is 28.6 Å². The number of nitrogens with two attached hydrogens (primary N) is 1. The van der Waals surface area contributed by atoms with Crippen LogP contribution in [0.5, 0.6) is 5.88 Å². The predicted octanol–water partition coefficient (Wildman–Crippen LogP) is 3.92. The summed E-state index contributed by atoms with van der Waals surface area (Å²) in [6.45, 7) is 0.292. The summed E-state index contributed by atoms with van der Waals surface area (Å²) in [4.78, 5) is 6.59. The van der Waals surface area contributed by atoms with E-state index in [1.54, 1.807) is 0 Å². The molecule has 116 valence electrons. The first-order valence-electron chi connectivity index (χ1n) is 6.33. The van der Waals surface area contributed by atoms with Crippen molar-refractivity contribution in [2.24, 2.45) is 5.11 Å². The smallest absolute Gasteiger partial charge is 0.417 e. The van der Waals surface area contributed by atoms with Crippen LogP contribution in [0.3, 0.4) is 0 Å². The van der Waals surface area contributed by atoms with Crippen LogP contribution in [0.15, 0.2) is 29.4 Å². The highest BCUT2D eigenvalue weighted by Gasteiger charge is 2.33. The largest absolute Gasteiger partial charge is 0.478 e. The Balaban J connectivity index is 2.33. The highest BCUT2D eigenvalue weighted by atomic mass is 19.4. The minimum absolute atomic E-state index is 0.0388. The van der Waals surface area contributed by atoms with Crippen LogP contribution in [-0.2, 0) is 6.18 Å². The van der Waals surface area contributed by atoms with Gasteiger partial charge in [0.25, 0.3) is 0 Å². The second-order valence-corrected chi connectivity index (χ2v) is 4.44. The maximum Gasteiger partial charge on any atom is 0.417 e. The van der Waals surface area contributed by atoms with E-state index in [0.717, 1.165) is 6.07 Å². The molecule has 9 heteroatoms. The number of aromatic nitrogens is 1. The number of rotatable bonds is 5. The van der Waals surface area contributed by atoms with Crippen LogP contribution >= 0.6 is 0 Å². The molecular weight excluding hydrogens is 299 g/mol. The Bertz CT molecular complexity index is 725. The number of hydrogen-bond acceptors (Lipinski definition) is 4. The molecule has 0 aliphatic rings. The van der Waals surface area contributed by atoms with Crippen molar-refractivity contribution in [3.8, 4) is 5.88 Å². The lowest BCUT2D eigenvalue weighted by Crippen LogP contribution is -2.09. The maximum atomic E-state index is 13.1. The number of ether oxygens (including phenoxy) is 1. The van der Waals surface area contributed by atoms with Crippen LogP contribution in [0.25, 0.3) is 21.3 Å². The fourth-order valence-corrected chi connectivity index (χ4v) is 1.89. The summed E-state index contributed by atoms with van der Waals surface area (Å²) < 4.78 is 44.6. The Morgan fingerprint density at radius 2 is 2.09 bits per heavy atom. The fraction of sp³-hybridized carbons (Fsp3) is 0.308. The summed E-state index contributed by atoms with van der Waals surface area (Å²) in [5.41, 5.74) is 13.3. The van der Waals surface area contributed by atoms with E-state index in [9.17, 15) is 13.2 Å².